The maximum atomic E-state index is 13.3. The van der Waals surface area contributed by atoms with Crippen molar-refractivity contribution in [1.82, 2.24) is 10.3 Å². The Morgan fingerprint density at radius 2 is 2.00 bits per heavy atom. The number of sulfonamides is 1. The van der Waals surface area contributed by atoms with Crippen molar-refractivity contribution >= 4 is 21.6 Å². The first-order valence-corrected chi connectivity index (χ1v) is 6.36. The number of hydrogen-bond donors (Lipinski definition) is 2. The Morgan fingerprint density at radius 1 is 1.42 bits per heavy atom. The Morgan fingerprint density at radius 3 is 2.47 bits per heavy atom. The van der Waals surface area contributed by atoms with Crippen LogP contribution in [-0.2, 0) is 14.8 Å². The molecule has 0 fully saturated rings. The van der Waals surface area contributed by atoms with Crippen molar-refractivity contribution in [3.63, 3.8) is 0 Å². The fraction of sp³-hybridized carbons (Fsp3) is 0.222. The van der Waals surface area contributed by atoms with Crippen LogP contribution in [0.1, 0.15) is 12.5 Å². The zero-order chi connectivity index (χ0) is 14.8. The molecule has 19 heavy (non-hydrogen) atoms. The number of nitro groups is 1. The summed E-state index contributed by atoms with van der Waals surface area (Å²) in [5, 5.41) is 10.6. The van der Waals surface area contributed by atoms with Crippen molar-refractivity contribution in [2.45, 2.75) is 18.7 Å². The summed E-state index contributed by atoms with van der Waals surface area (Å²) < 4.78 is 36.8. The van der Waals surface area contributed by atoms with Crippen molar-refractivity contribution < 1.29 is 22.5 Å². The van der Waals surface area contributed by atoms with E-state index in [-0.39, 0.29) is 5.56 Å². The number of nitrogens with zero attached hydrogens (tertiary/aromatic N) is 1. The van der Waals surface area contributed by atoms with Crippen molar-refractivity contribution in [2.24, 2.45) is 0 Å². The van der Waals surface area contributed by atoms with Crippen LogP contribution in [0.5, 0.6) is 0 Å². The van der Waals surface area contributed by atoms with Gasteiger partial charge in [0.15, 0.2) is 0 Å². The number of hydrazine groups is 1. The molecule has 0 atom stereocenters. The normalized spacial score (nSPS) is 11.1. The summed E-state index contributed by atoms with van der Waals surface area (Å²) in [6, 6.07) is 1.33. The van der Waals surface area contributed by atoms with Gasteiger partial charge in [0.1, 0.15) is 0 Å². The number of nitrogens with one attached hydrogen (secondary N) is 2. The molecule has 1 rings (SSSR count). The molecular formula is C9H10FN3O5S. The van der Waals surface area contributed by atoms with Crippen LogP contribution >= 0.6 is 0 Å². The third-order valence-corrected chi connectivity index (χ3v) is 3.48. The molecule has 2 N–H and O–H groups in total. The van der Waals surface area contributed by atoms with E-state index in [1.54, 1.807) is 4.83 Å². The summed E-state index contributed by atoms with van der Waals surface area (Å²) in [7, 11) is -4.21. The number of benzene rings is 1. The summed E-state index contributed by atoms with van der Waals surface area (Å²) in [5.74, 6) is -1.81. The van der Waals surface area contributed by atoms with Crippen LogP contribution in [0.3, 0.4) is 0 Å². The van der Waals surface area contributed by atoms with Crippen LogP contribution in [0.25, 0.3) is 0 Å². The third kappa shape index (κ3) is 3.45. The second-order valence-corrected chi connectivity index (χ2v) is 5.26. The molecule has 0 saturated heterocycles. The van der Waals surface area contributed by atoms with Gasteiger partial charge in [0.2, 0.25) is 11.7 Å². The highest BCUT2D eigenvalue weighted by molar-refractivity contribution is 7.89. The molecule has 0 aromatic heterocycles. The predicted octanol–water partition coefficient (Wildman–Crippen LogP) is 0.372. The average Bonchev–Trinajstić information content (AvgIpc) is 2.25. The van der Waals surface area contributed by atoms with E-state index >= 15 is 0 Å². The molecule has 0 bridgehead atoms. The summed E-state index contributed by atoms with van der Waals surface area (Å²) in [6.07, 6.45) is 0. The van der Waals surface area contributed by atoms with E-state index in [1.165, 1.54) is 6.92 Å². The number of hydrogen-bond acceptors (Lipinski definition) is 5. The smallest absolute Gasteiger partial charge is 0.278 e. The molecule has 1 aromatic carbocycles. The highest BCUT2D eigenvalue weighted by atomic mass is 32.2. The molecule has 10 heteroatoms. The van der Waals surface area contributed by atoms with Crippen LogP contribution in [0.4, 0.5) is 10.1 Å². The van der Waals surface area contributed by atoms with Gasteiger partial charge in [-0.3, -0.25) is 20.3 Å². The Labute approximate surface area is 107 Å². The summed E-state index contributed by atoms with van der Waals surface area (Å²) in [5.41, 5.74) is 0.843. The quantitative estimate of drug-likeness (QED) is 0.613. The molecule has 0 heterocycles. The number of nitro benzene ring substituents is 1. The number of aryl methyl sites for hydroxylation is 1. The third-order valence-electron chi connectivity index (χ3n) is 2.09. The van der Waals surface area contributed by atoms with Gasteiger partial charge in [-0.15, -0.1) is 4.83 Å². The maximum absolute atomic E-state index is 13.3. The van der Waals surface area contributed by atoms with Gasteiger partial charge >= 0.3 is 5.69 Å². The van der Waals surface area contributed by atoms with Crippen LogP contribution in [0.2, 0.25) is 0 Å². The second-order valence-electron chi connectivity index (χ2n) is 3.61. The number of carbonyl (C=O) groups is 1. The lowest BCUT2D eigenvalue weighted by atomic mass is 10.2. The fourth-order valence-electron chi connectivity index (χ4n) is 1.27. The van der Waals surface area contributed by atoms with Gasteiger partial charge < -0.3 is 0 Å². The molecule has 0 spiro atoms. The van der Waals surface area contributed by atoms with Crippen LogP contribution < -0.4 is 10.3 Å². The van der Waals surface area contributed by atoms with Gasteiger partial charge in [0.05, 0.1) is 9.82 Å². The number of carbonyl (C=O) groups excluding carboxylic acids is 1. The molecule has 0 aliphatic rings. The standard InChI is InChI=1S/C9H10FN3O5S/c1-5-3-7(10)8(13(15)16)4-9(5)19(17,18)12-11-6(2)14/h3-4,12H,1-2H3,(H,11,14). The largest absolute Gasteiger partial charge is 0.306 e. The molecule has 0 unspecified atom stereocenters. The molecule has 8 nitrogen and oxygen atoms in total. The molecule has 0 aliphatic carbocycles. The van der Waals surface area contributed by atoms with E-state index in [2.05, 4.69) is 0 Å². The van der Waals surface area contributed by atoms with E-state index in [0.29, 0.717) is 6.07 Å². The Bertz CT molecular complexity index is 644. The first-order valence-electron chi connectivity index (χ1n) is 4.88. The van der Waals surface area contributed by atoms with E-state index < -0.39 is 37.3 Å². The van der Waals surface area contributed by atoms with Crippen molar-refractivity contribution in [3.8, 4) is 0 Å². The average molecular weight is 291 g/mol. The van der Waals surface area contributed by atoms with Crippen LogP contribution in [0, 0.1) is 22.9 Å². The highest BCUT2D eigenvalue weighted by Crippen LogP contribution is 2.24. The number of amides is 1. The van der Waals surface area contributed by atoms with Crippen molar-refractivity contribution in [1.29, 1.82) is 0 Å². The summed E-state index contributed by atoms with van der Waals surface area (Å²) in [6.45, 7) is 2.34. The molecule has 1 amide bonds. The molecule has 0 saturated carbocycles. The van der Waals surface area contributed by atoms with Gasteiger partial charge in [0.25, 0.3) is 10.0 Å². The van der Waals surface area contributed by atoms with Gasteiger partial charge in [-0.25, -0.2) is 8.42 Å². The SMILES string of the molecule is CC(=O)NNS(=O)(=O)c1cc([N+](=O)[O-])c(F)cc1C. The van der Waals surface area contributed by atoms with E-state index in [0.717, 1.165) is 13.0 Å². The minimum absolute atomic E-state index is 0.0269. The molecular weight excluding hydrogens is 281 g/mol. The zero-order valence-electron chi connectivity index (χ0n) is 9.93. The van der Waals surface area contributed by atoms with Crippen LogP contribution in [-0.4, -0.2) is 19.2 Å². The van der Waals surface area contributed by atoms with Crippen LogP contribution in [0.15, 0.2) is 17.0 Å². The molecule has 104 valence electrons. The highest BCUT2D eigenvalue weighted by Gasteiger charge is 2.24. The molecule has 1 aromatic rings. The lowest BCUT2D eigenvalue weighted by molar-refractivity contribution is -0.387. The minimum Gasteiger partial charge on any atom is -0.278 e. The number of halogens is 1. The van der Waals surface area contributed by atoms with E-state index in [9.17, 15) is 27.7 Å². The second kappa shape index (κ2) is 5.28. The zero-order valence-corrected chi connectivity index (χ0v) is 10.7. The predicted molar refractivity (Wildman–Crippen MR) is 61.9 cm³/mol. The summed E-state index contributed by atoms with van der Waals surface area (Å²) >= 11 is 0. The Balaban J connectivity index is 3.30. The lowest BCUT2D eigenvalue weighted by Gasteiger charge is -2.09. The van der Waals surface area contributed by atoms with Crippen molar-refractivity contribution in [2.75, 3.05) is 0 Å². The van der Waals surface area contributed by atoms with E-state index in [1.807, 2.05) is 5.43 Å². The minimum atomic E-state index is -4.21. The first kappa shape index (κ1) is 15.0. The van der Waals surface area contributed by atoms with Gasteiger partial charge in [-0.1, -0.05) is 0 Å². The van der Waals surface area contributed by atoms with Crippen molar-refractivity contribution in [3.05, 3.63) is 33.6 Å². The Kier molecular flexibility index (Phi) is 4.17. The van der Waals surface area contributed by atoms with E-state index in [4.69, 9.17) is 0 Å². The fourth-order valence-corrected chi connectivity index (χ4v) is 2.40. The molecule has 0 aliphatic heterocycles. The molecule has 0 radical (unpaired) electrons. The summed E-state index contributed by atoms with van der Waals surface area (Å²) in [4.78, 5) is 21.4. The Hall–Kier alpha value is -2.07. The maximum Gasteiger partial charge on any atom is 0.306 e. The number of rotatable bonds is 4. The van der Waals surface area contributed by atoms with Gasteiger partial charge in [0, 0.05) is 13.0 Å². The van der Waals surface area contributed by atoms with Gasteiger partial charge in [-0.05, 0) is 18.6 Å². The topological polar surface area (TPSA) is 118 Å². The lowest BCUT2D eigenvalue weighted by Crippen LogP contribution is -2.40. The van der Waals surface area contributed by atoms with Gasteiger partial charge in [-0.2, -0.15) is 4.39 Å². The first-order chi connectivity index (χ1) is 8.65. The monoisotopic (exact) mass is 291 g/mol.